The summed E-state index contributed by atoms with van der Waals surface area (Å²) in [6.07, 6.45) is -0.403. The van der Waals surface area contributed by atoms with Crippen LogP contribution in [-0.2, 0) is 0 Å². The molecule has 4 nitrogen and oxygen atoms in total. The van der Waals surface area contributed by atoms with Crippen molar-refractivity contribution in [2.24, 2.45) is 0 Å². The van der Waals surface area contributed by atoms with Crippen LogP contribution in [0.15, 0.2) is 42.7 Å². The van der Waals surface area contributed by atoms with Crippen LogP contribution in [-0.4, -0.2) is 21.0 Å². The summed E-state index contributed by atoms with van der Waals surface area (Å²) in [5, 5.41) is 4.53. The molecule has 4 rings (SSSR count). The Morgan fingerprint density at radius 2 is 1.92 bits per heavy atom. The second kappa shape index (κ2) is 5.37. The van der Waals surface area contributed by atoms with Crippen molar-refractivity contribution in [2.45, 2.75) is 24.6 Å². The molecular formula is C16H11ClF3N3O. The normalized spacial score (nSPS) is 20.3. The molecule has 0 N–H and O–H groups in total. The van der Waals surface area contributed by atoms with Crippen LogP contribution in [0, 0.1) is 0 Å². The zero-order valence-corrected chi connectivity index (χ0v) is 12.9. The first-order valence-electron chi connectivity index (χ1n) is 7.26. The zero-order chi connectivity index (χ0) is 16.9. The van der Waals surface area contributed by atoms with Crippen LogP contribution in [0.3, 0.4) is 0 Å². The molecule has 124 valence electrons. The van der Waals surface area contributed by atoms with Gasteiger partial charge in [0.25, 0.3) is 0 Å². The van der Waals surface area contributed by atoms with Gasteiger partial charge in [-0.3, -0.25) is 0 Å². The standard InChI is InChI=1S/C16H11ClF3N3O/c17-14-8-13(15-21-5-6-23(15)22-14)12-7-11(12)9-1-3-10(4-2-9)24-16(18,19)20/h1-6,8,11-12H,7H2/t11-,12+/m1/s1. The predicted molar refractivity (Wildman–Crippen MR) is 81.2 cm³/mol. The van der Waals surface area contributed by atoms with Gasteiger partial charge in [0.05, 0.1) is 0 Å². The summed E-state index contributed by atoms with van der Waals surface area (Å²) in [6.45, 7) is 0. The predicted octanol–water partition coefficient (Wildman–Crippen LogP) is 4.55. The lowest BCUT2D eigenvalue weighted by Crippen LogP contribution is -2.16. The van der Waals surface area contributed by atoms with Crippen molar-refractivity contribution in [2.75, 3.05) is 0 Å². The lowest BCUT2D eigenvalue weighted by Gasteiger charge is -2.09. The van der Waals surface area contributed by atoms with E-state index in [1.807, 2.05) is 0 Å². The molecule has 0 aliphatic heterocycles. The number of ether oxygens (including phenoxy) is 1. The Morgan fingerprint density at radius 3 is 2.62 bits per heavy atom. The highest BCUT2D eigenvalue weighted by atomic mass is 35.5. The van der Waals surface area contributed by atoms with Gasteiger partial charge in [-0.1, -0.05) is 23.7 Å². The van der Waals surface area contributed by atoms with E-state index in [4.69, 9.17) is 11.6 Å². The van der Waals surface area contributed by atoms with E-state index in [0.717, 1.165) is 23.2 Å². The van der Waals surface area contributed by atoms with Crippen molar-refractivity contribution in [3.8, 4) is 5.75 Å². The highest BCUT2D eigenvalue weighted by Gasteiger charge is 2.41. The molecule has 0 bridgehead atoms. The van der Waals surface area contributed by atoms with Crippen molar-refractivity contribution < 1.29 is 17.9 Å². The van der Waals surface area contributed by atoms with Crippen molar-refractivity contribution in [1.29, 1.82) is 0 Å². The minimum Gasteiger partial charge on any atom is -0.406 e. The van der Waals surface area contributed by atoms with E-state index in [1.165, 1.54) is 12.1 Å². The molecule has 1 saturated carbocycles. The van der Waals surface area contributed by atoms with Crippen LogP contribution in [0.1, 0.15) is 29.4 Å². The molecule has 0 radical (unpaired) electrons. The van der Waals surface area contributed by atoms with Crippen LogP contribution in [0.4, 0.5) is 13.2 Å². The third-order valence-electron chi connectivity index (χ3n) is 4.09. The number of halogens is 4. The van der Waals surface area contributed by atoms with E-state index in [-0.39, 0.29) is 17.6 Å². The van der Waals surface area contributed by atoms with Crippen molar-refractivity contribution in [3.05, 3.63) is 59.0 Å². The zero-order valence-electron chi connectivity index (χ0n) is 12.2. The van der Waals surface area contributed by atoms with Crippen LogP contribution in [0.5, 0.6) is 5.75 Å². The topological polar surface area (TPSA) is 39.4 Å². The molecule has 1 aromatic carbocycles. The Kier molecular flexibility index (Phi) is 3.42. The number of nitrogens with zero attached hydrogens (tertiary/aromatic N) is 3. The maximum absolute atomic E-state index is 12.2. The molecule has 2 aromatic heterocycles. The highest BCUT2D eigenvalue weighted by molar-refractivity contribution is 6.29. The van der Waals surface area contributed by atoms with Crippen molar-refractivity contribution in [3.63, 3.8) is 0 Å². The number of fused-ring (bicyclic) bond motifs is 1. The van der Waals surface area contributed by atoms with Gasteiger partial charge in [0, 0.05) is 18.0 Å². The van der Waals surface area contributed by atoms with Crippen LogP contribution in [0.25, 0.3) is 5.65 Å². The van der Waals surface area contributed by atoms with E-state index in [9.17, 15) is 13.2 Å². The molecule has 0 spiro atoms. The molecule has 1 aliphatic rings. The Morgan fingerprint density at radius 1 is 1.17 bits per heavy atom. The molecule has 8 heteroatoms. The second-order valence-corrected chi connectivity index (χ2v) is 6.07. The summed E-state index contributed by atoms with van der Waals surface area (Å²) < 4.78 is 42.1. The molecule has 2 atom stereocenters. The van der Waals surface area contributed by atoms with E-state index >= 15 is 0 Å². The Labute approximate surface area is 139 Å². The van der Waals surface area contributed by atoms with Crippen LogP contribution >= 0.6 is 11.6 Å². The van der Waals surface area contributed by atoms with Gasteiger partial charge in [0.2, 0.25) is 0 Å². The fourth-order valence-electron chi connectivity index (χ4n) is 3.01. The molecule has 0 saturated heterocycles. The molecule has 1 fully saturated rings. The van der Waals surface area contributed by atoms with Crippen LogP contribution < -0.4 is 4.74 Å². The Balaban J connectivity index is 1.56. The van der Waals surface area contributed by atoms with Gasteiger partial charge in [-0.05, 0) is 42.0 Å². The lowest BCUT2D eigenvalue weighted by atomic mass is 10.1. The molecule has 2 heterocycles. The van der Waals surface area contributed by atoms with Gasteiger partial charge in [0.1, 0.15) is 10.9 Å². The molecule has 3 aromatic rings. The number of hydrogen-bond acceptors (Lipinski definition) is 3. The third kappa shape index (κ3) is 2.91. The average Bonchev–Trinajstić information content (AvgIpc) is 3.15. The molecule has 24 heavy (non-hydrogen) atoms. The van der Waals surface area contributed by atoms with Gasteiger partial charge in [-0.2, -0.15) is 5.10 Å². The summed E-state index contributed by atoms with van der Waals surface area (Å²) >= 11 is 6.05. The summed E-state index contributed by atoms with van der Waals surface area (Å²) in [5.41, 5.74) is 2.72. The fraction of sp³-hybridized carbons (Fsp3) is 0.250. The fourth-order valence-corrected chi connectivity index (χ4v) is 3.20. The van der Waals surface area contributed by atoms with Crippen LogP contribution in [0.2, 0.25) is 5.15 Å². The van der Waals surface area contributed by atoms with Crippen molar-refractivity contribution >= 4 is 17.2 Å². The first-order chi connectivity index (χ1) is 11.4. The number of benzene rings is 1. The summed E-state index contributed by atoms with van der Waals surface area (Å²) in [7, 11) is 0. The van der Waals surface area contributed by atoms with E-state index in [1.54, 1.807) is 35.1 Å². The molecular weight excluding hydrogens is 343 g/mol. The van der Waals surface area contributed by atoms with Gasteiger partial charge < -0.3 is 4.74 Å². The summed E-state index contributed by atoms with van der Waals surface area (Å²) in [6, 6.07) is 7.80. The Bertz CT molecular complexity index is 892. The number of alkyl halides is 3. The quantitative estimate of drug-likeness (QED) is 0.693. The minimum absolute atomic E-state index is 0.217. The number of hydrogen-bond donors (Lipinski definition) is 0. The minimum atomic E-state index is -4.68. The van der Waals surface area contributed by atoms with Gasteiger partial charge in [-0.25, -0.2) is 9.50 Å². The SMILES string of the molecule is FC(F)(F)Oc1ccc([C@H]2C[C@@H]2c2cc(Cl)nn3ccnc23)cc1. The molecule has 1 aliphatic carbocycles. The first-order valence-corrected chi connectivity index (χ1v) is 7.64. The van der Waals surface area contributed by atoms with E-state index < -0.39 is 6.36 Å². The van der Waals surface area contributed by atoms with Gasteiger partial charge in [0.15, 0.2) is 5.65 Å². The van der Waals surface area contributed by atoms with Crippen molar-refractivity contribution in [1.82, 2.24) is 14.6 Å². The average molecular weight is 354 g/mol. The summed E-state index contributed by atoms with van der Waals surface area (Å²) in [5.74, 6) is 0.236. The smallest absolute Gasteiger partial charge is 0.406 e. The van der Waals surface area contributed by atoms with E-state index in [2.05, 4.69) is 14.8 Å². The van der Waals surface area contributed by atoms with E-state index in [0.29, 0.717) is 5.15 Å². The Hall–Kier alpha value is -2.28. The maximum Gasteiger partial charge on any atom is 0.573 e. The highest BCUT2D eigenvalue weighted by Crippen LogP contribution is 2.55. The largest absolute Gasteiger partial charge is 0.573 e. The monoisotopic (exact) mass is 353 g/mol. The molecule has 0 unspecified atom stereocenters. The van der Waals surface area contributed by atoms with Gasteiger partial charge in [-0.15, -0.1) is 13.2 Å². The van der Waals surface area contributed by atoms with Gasteiger partial charge >= 0.3 is 6.36 Å². The maximum atomic E-state index is 12.2. The lowest BCUT2D eigenvalue weighted by molar-refractivity contribution is -0.274. The second-order valence-electron chi connectivity index (χ2n) is 5.68. The third-order valence-corrected chi connectivity index (χ3v) is 4.27. The summed E-state index contributed by atoms with van der Waals surface area (Å²) in [4.78, 5) is 4.30. The molecule has 0 amide bonds. The number of aromatic nitrogens is 3. The first kappa shape index (κ1) is 15.3. The number of imidazole rings is 1. The number of rotatable bonds is 3.